The Bertz CT molecular complexity index is 619. The number of alkyl halides is 3. The molecule has 0 saturated heterocycles. The maximum Gasteiger partial charge on any atom is 0.573 e. The van der Waals surface area contributed by atoms with Crippen LogP contribution in [0.25, 0.3) is 11.3 Å². The summed E-state index contributed by atoms with van der Waals surface area (Å²) >= 11 is 0. The summed E-state index contributed by atoms with van der Waals surface area (Å²) in [5.41, 5.74) is 2.55. The molecule has 0 spiro atoms. The van der Waals surface area contributed by atoms with Gasteiger partial charge in [0, 0.05) is 24.3 Å². The Morgan fingerprint density at radius 2 is 1.82 bits per heavy atom. The minimum atomic E-state index is -4.67. The Morgan fingerprint density at radius 1 is 1.09 bits per heavy atom. The molecule has 1 N–H and O–H groups in total. The number of benzene rings is 1. The van der Waals surface area contributed by atoms with Crippen molar-refractivity contribution in [2.75, 3.05) is 0 Å². The van der Waals surface area contributed by atoms with Gasteiger partial charge in [-0.25, -0.2) is 0 Å². The summed E-state index contributed by atoms with van der Waals surface area (Å²) in [7, 11) is 0. The summed E-state index contributed by atoms with van der Waals surface area (Å²) in [6, 6.07) is 10.2. The summed E-state index contributed by atoms with van der Waals surface area (Å²) < 4.78 is 40.2. The number of nitrogens with zero attached hydrogens (tertiary/aromatic N) is 1. The van der Waals surface area contributed by atoms with Gasteiger partial charge in [-0.15, -0.1) is 13.2 Å². The van der Waals surface area contributed by atoms with E-state index >= 15 is 0 Å². The van der Waals surface area contributed by atoms with Crippen LogP contribution in [0.1, 0.15) is 18.4 Å². The molecular weight excluding hydrogens is 293 g/mol. The van der Waals surface area contributed by atoms with E-state index in [0.29, 0.717) is 11.7 Å². The zero-order valence-corrected chi connectivity index (χ0v) is 11.7. The Kier molecular flexibility index (Phi) is 4.02. The topological polar surface area (TPSA) is 34.1 Å². The number of hydrogen-bond acceptors (Lipinski definition) is 3. The fourth-order valence-corrected chi connectivity index (χ4v) is 2.08. The number of aromatic nitrogens is 1. The number of rotatable bonds is 5. The number of hydrogen-bond donors (Lipinski definition) is 1. The summed E-state index contributed by atoms with van der Waals surface area (Å²) in [6.45, 7) is 0.788. The van der Waals surface area contributed by atoms with Crippen LogP contribution in [-0.2, 0) is 6.54 Å². The monoisotopic (exact) mass is 308 g/mol. The lowest BCUT2D eigenvalue weighted by Gasteiger charge is -2.09. The molecular formula is C16H15F3N2O. The average molecular weight is 308 g/mol. The van der Waals surface area contributed by atoms with Crippen LogP contribution in [0, 0.1) is 0 Å². The summed E-state index contributed by atoms with van der Waals surface area (Å²) in [5, 5.41) is 3.40. The van der Waals surface area contributed by atoms with Crippen LogP contribution in [0.4, 0.5) is 13.2 Å². The largest absolute Gasteiger partial charge is 0.573 e. The van der Waals surface area contributed by atoms with Gasteiger partial charge in [-0.1, -0.05) is 6.07 Å². The maximum atomic E-state index is 12.1. The van der Waals surface area contributed by atoms with Gasteiger partial charge in [-0.05, 0) is 48.7 Å². The Balaban J connectivity index is 1.65. The molecule has 116 valence electrons. The highest BCUT2D eigenvalue weighted by Crippen LogP contribution is 2.26. The second kappa shape index (κ2) is 5.96. The van der Waals surface area contributed by atoms with Gasteiger partial charge >= 0.3 is 6.36 Å². The van der Waals surface area contributed by atoms with Crippen molar-refractivity contribution in [1.82, 2.24) is 10.3 Å². The smallest absolute Gasteiger partial charge is 0.406 e. The lowest BCUT2D eigenvalue weighted by Crippen LogP contribution is -2.16. The molecule has 1 saturated carbocycles. The summed E-state index contributed by atoms with van der Waals surface area (Å²) in [6.07, 6.45) is -0.420. The number of nitrogens with one attached hydrogen (secondary N) is 1. The van der Waals surface area contributed by atoms with Crippen molar-refractivity contribution in [2.45, 2.75) is 31.8 Å². The van der Waals surface area contributed by atoms with Crippen molar-refractivity contribution in [3.63, 3.8) is 0 Å². The van der Waals surface area contributed by atoms with E-state index in [1.54, 1.807) is 18.3 Å². The third-order valence-electron chi connectivity index (χ3n) is 3.38. The zero-order valence-electron chi connectivity index (χ0n) is 11.7. The summed E-state index contributed by atoms with van der Waals surface area (Å²) in [5.74, 6) is -0.235. The van der Waals surface area contributed by atoms with Gasteiger partial charge in [-0.2, -0.15) is 0 Å². The molecule has 3 nitrogen and oxygen atoms in total. The second-order valence-electron chi connectivity index (χ2n) is 5.28. The van der Waals surface area contributed by atoms with Crippen LogP contribution in [0.2, 0.25) is 0 Å². The average Bonchev–Trinajstić information content (AvgIpc) is 3.29. The van der Waals surface area contributed by atoms with Crippen LogP contribution in [0.5, 0.6) is 5.75 Å². The first-order chi connectivity index (χ1) is 10.5. The number of halogens is 3. The molecule has 1 aromatic heterocycles. The van der Waals surface area contributed by atoms with Gasteiger partial charge in [0.15, 0.2) is 0 Å². The fraction of sp³-hybridized carbons (Fsp3) is 0.312. The predicted molar refractivity (Wildman–Crippen MR) is 76.2 cm³/mol. The molecule has 0 amide bonds. The first kappa shape index (κ1) is 14.8. The number of ether oxygens (including phenoxy) is 1. The molecule has 0 radical (unpaired) electrons. The molecule has 0 unspecified atom stereocenters. The lowest BCUT2D eigenvalue weighted by molar-refractivity contribution is -0.274. The molecule has 1 fully saturated rings. The van der Waals surface area contributed by atoms with E-state index in [1.807, 2.05) is 12.1 Å². The van der Waals surface area contributed by atoms with Crippen LogP contribution in [0.3, 0.4) is 0 Å². The molecule has 1 aliphatic rings. The minimum Gasteiger partial charge on any atom is -0.406 e. The van der Waals surface area contributed by atoms with Gasteiger partial charge in [-0.3, -0.25) is 4.98 Å². The van der Waals surface area contributed by atoms with Gasteiger partial charge in [0.05, 0.1) is 5.69 Å². The van der Waals surface area contributed by atoms with E-state index in [2.05, 4.69) is 15.0 Å². The molecule has 2 aromatic rings. The van der Waals surface area contributed by atoms with Crippen LogP contribution in [-0.4, -0.2) is 17.4 Å². The van der Waals surface area contributed by atoms with Crippen LogP contribution in [0.15, 0.2) is 42.6 Å². The van der Waals surface area contributed by atoms with Gasteiger partial charge in [0.2, 0.25) is 0 Å². The molecule has 22 heavy (non-hydrogen) atoms. The van der Waals surface area contributed by atoms with E-state index in [4.69, 9.17) is 0 Å². The van der Waals surface area contributed by atoms with Gasteiger partial charge in [0.25, 0.3) is 0 Å². The fourth-order valence-electron chi connectivity index (χ4n) is 2.08. The highest BCUT2D eigenvalue weighted by Gasteiger charge is 2.30. The molecule has 0 aliphatic heterocycles. The zero-order chi connectivity index (χ0) is 15.6. The van der Waals surface area contributed by atoms with Crippen molar-refractivity contribution < 1.29 is 17.9 Å². The Hall–Kier alpha value is -2.08. The normalized spacial score (nSPS) is 14.9. The molecule has 1 aliphatic carbocycles. The predicted octanol–water partition coefficient (Wildman–Crippen LogP) is 3.90. The third kappa shape index (κ3) is 4.21. The van der Waals surface area contributed by atoms with Crippen LogP contribution >= 0.6 is 0 Å². The molecule has 6 heteroatoms. The highest BCUT2D eigenvalue weighted by molar-refractivity contribution is 5.60. The van der Waals surface area contributed by atoms with E-state index in [1.165, 1.54) is 25.0 Å². The first-order valence-corrected chi connectivity index (χ1v) is 7.04. The van der Waals surface area contributed by atoms with E-state index in [9.17, 15) is 13.2 Å². The maximum absolute atomic E-state index is 12.1. The summed E-state index contributed by atoms with van der Waals surface area (Å²) in [4.78, 5) is 4.35. The Morgan fingerprint density at radius 3 is 2.36 bits per heavy atom. The number of pyridine rings is 1. The van der Waals surface area contributed by atoms with E-state index in [0.717, 1.165) is 17.7 Å². The molecule has 3 rings (SSSR count). The second-order valence-corrected chi connectivity index (χ2v) is 5.28. The van der Waals surface area contributed by atoms with Crippen molar-refractivity contribution >= 4 is 0 Å². The van der Waals surface area contributed by atoms with E-state index < -0.39 is 6.36 Å². The molecule has 1 heterocycles. The molecule has 1 aromatic carbocycles. The Labute approximate surface area is 126 Å². The van der Waals surface area contributed by atoms with Gasteiger partial charge in [0.1, 0.15) is 5.75 Å². The van der Waals surface area contributed by atoms with E-state index in [-0.39, 0.29) is 5.75 Å². The van der Waals surface area contributed by atoms with Gasteiger partial charge < -0.3 is 10.1 Å². The quantitative estimate of drug-likeness (QED) is 0.909. The lowest BCUT2D eigenvalue weighted by atomic mass is 10.1. The third-order valence-corrected chi connectivity index (χ3v) is 3.38. The minimum absolute atomic E-state index is 0.235. The van der Waals surface area contributed by atoms with Crippen molar-refractivity contribution in [3.05, 3.63) is 48.2 Å². The van der Waals surface area contributed by atoms with Crippen molar-refractivity contribution in [3.8, 4) is 17.0 Å². The highest BCUT2D eigenvalue weighted by atomic mass is 19.4. The SMILES string of the molecule is FC(F)(F)Oc1ccc(-c2ccc(CNC3CC3)cn2)cc1. The van der Waals surface area contributed by atoms with Crippen molar-refractivity contribution in [2.24, 2.45) is 0 Å². The molecule has 0 bridgehead atoms. The van der Waals surface area contributed by atoms with Crippen LogP contribution < -0.4 is 10.1 Å². The van der Waals surface area contributed by atoms with Crippen molar-refractivity contribution in [1.29, 1.82) is 0 Å². The standard InChI is InChI=1S/C16H15F3N2O/c17-16(18,19)22-14-6-2-12(3-7-14)15-8-1-11(10-21-15)9-20-13-4-5-13/h1-3,6-8,10,13,20H,4-5,9H2. The molecule has 0 atom stereocenters. The first-order valence-electron chi connectivity index (χ1n) is 7.04.